The summed E-state index contributed by atoms with van der Waals surface area (Å²) in [7, 11) is 0. The van der Waals surface area contributed by atoms with E-state index in [1.54, 1.807) is 57.2 Å². The summed E-state index contributed by atoms with van der Waals surface area (Å²) in [6.07, 6.45) is -1.38. The highest BCUT2D eigenvalue weighted by atomic mass is 16.6. The molecule has 0 saturated heterocycles. The molecule has 0 aliphatic heterocycles. The first-order valence-electron chi connectivity index (χ1n) is 12.0. The van der Waals surface area contributed by atoms with Crippen molar-refractivity contribution in [1.29, 1.82) is 5.26 Å². The number of aromatic hydroxyl groups is 1. The van der Waals surface area contributed by atoms with Crippen molar-refractivity contribution in [3.63, 3.8) is 0 Å². The lowest BCUT2D eigenvalue weighted by Crippen LogP contribution is -2.53. The molecule has 11 nitrogen and oxygen atoms in total. The van der Waals surface area contributed by atoms with E-state index < -0.39 is 48.0 Å². The van der Waals surface area contributed by atoms with Gasteiger partial charge >= 0.3 is 6.09 Å². The number of amides is 4. The van der Waals surface area contributed by atoms with E-state index in [1.165, 1.54) is 12.1 Å². The van der Waals surface area contributed by atoms with Crippen LogP contribution in [0.3, 0.4) is 0 Å². The van der Waals surface area contributed by atoms with Gasteiger partial charge in [0.1, 0.15) is 30.0 Å². The van der Waals surface area contributed by atoms with Crippen molar-refractivity contribution in [1.82, 2.24) is 15.5 Å². The molecule has 0 heterocycles. The van der Waals surface area contributed by atoms with Gasteiger partial charge < -0.3 is 31.1 Å². The fraction of sp³-hybridized carbons (Fsp3) is 0.370. The van der Waals surface area contributed by atoms with E-state index in [-0.39, 0.29) is 30.7 Å². The zero-order valence-electron chi connectivity index (χ0n) is 21.6. The van der Waals surface area contributed by atoms with Crippen molar-refractivity contribution in [2.75, 3.05) is 6.54 Å². The number of ether oxygens (including phenoxy) is 1. The minimum atomic E-state index is -1.43. The molecule has 2 unspecified atom stereocenters. The Labute approximate surface area is 221 Å². The molecule has 0 radical (unpaired) electrons. The van der Waals surface area contributed by atoms with Crippen LogP contribution in [0.15, 0.2) is 54.6 Å². The molecule has 38 heavy (non-hydrogen) atoms. The zero-order valence-corrected chi connectivity index (χ0v) is 21.6. The number of para-hydroxylation sites is 1. The number of phenolic OH excluding ortho intramolecular Hbond substituents is 1. The molecule has 5 N–H and O–H groups in total. The first kappa shape index (κ1) is 29.6. The maximum atomic E-state index is 13.7. The number of carbonyl (C=O) groups excluding carboxylic acids is 4. The van der Waals surface area contributed by atoms with E-state index in [1.807, 2.05) is 12.1 Å². The number of nitrogens with zero attached hydrogens (tertiary/aromatic N) is 2. The molecule has 0 bridgehead atoms. The van der Waals surface area contributed by atoms with E-state index in [4.69, 9.17) is 10.5 Å². The van der Waals surface area contributed by atoms with Crippen molar-refractivity contribution < 1.29 is 29.0 Å². The van der Waals surface area contributed by atoms with Gasteiger partial charge in [0, 0.05) is 18.5 Å². The quantitative estimate of drug-likeness (QED) is 0.327. The van der Waals surface area contributed by atoms with E-state index in [2.05, 4.69) is 10.6 Å². The Kier molecular flexibility index (Phi) is 10.6. The monoisotopic (exact) mass is 523 g/mol. The molecule has 0 aromatic heterocycles. The first-order valence-corrected chi connectivity index (χ1v) is 12.0. The number of hydrogen-bond acceptors (Lipinski definition) is 7. The molecule has 0 aliphatic rings. The number of rotatable bonds is 11. The van der Waals surface area contributed by atoms with Crippen molar-refractivity contribution in [2.24, 2.45) is 5.73 Å². The molecule has 2 aromatic rings. The molecule has 0 saturated carbocycles. The smallest absolute Gasteiger partial charge is 0.408 e. The molecule has 0 spiro atoms. The highest BCUT2D eigenvalue weighted by Crippen LogP contribution is 2.30. The highest BCUT2D eigenvalue weighted by Gasteiger charge is 2.37. The summed E-state index contributed by atoms with van der Waals surface area (Å²) >= 11 is 0. The van der Waals surface area contributed by atoms with Crippen LogP contribution >= 0.6 is 0 Å². The Morgan fingerprint density at radius 2 is 1.71 bits per heavy atom. The van der Waals surface area contributed by atoms with Crippen LogP contribution in [0.1, 0.15) is 50.8 Å². The van der Waals surface area contributed by atoms with Crippen LogP contribution in [0.25, 0.3) is 0 Å². The van der Waals surface area contributed by atoms with Crippen LogP contribution in [0.5, 0.6) is 5.75 Å². The lowest BCUT2D eigenvalue weighted by molar-refractivity contribution is -0.142. The van der Waals surface area contributed by atoms with Gasteiger partial charge in [-0.05, 0) is 38.8 Å². The molecule has 4 amide bonds. The van der Waals surface area contributed by atoms with E-state index in [0.29, 0.717) is 0 Å². The number of benzene rings is 2. The molecule has 0 aliphatic carbocycles. The number of alkyl carbamates (subject to hydrolysis) is 1. The molecule has 0 fully saturated rings. The van der Waals surface area contributed by atoms with Gasteiger partial charge in [-0.25, -0.2) is 4.79 Å². The Balaban J connectivity index is 2.45. The Bertz CT molecular complexity index is 1170. The molecule has 202 valence electrons. The third-order valence-electron chi connectivity index (χ3n) is 5.29. The second-order valence-electron chi connectivity index (χ2n) is 9.49. The summed E-state index contributed by atoms with van der Waals surface area (Å²) in [5, 5.41) is 25.3. The van der Waals surface area contributed by atoms with Gasteiger partial charge in [-0.1, -0.05) is 48.5 Å². The van der Waals surface area contributed by atoms with Crippen LogP contribution in [-0.4, -0.2) is 52.0 Å². The molecule has 11 heteroatoms. The molecular formula is C27H33N5O6. The Morgan fingerprint density at radius 1 is 1.08 bits per heavy atom. The summed E-state index contributed by atoms with van der Waals surface area (Å²) in [4.78, 5) is 52.1. The topological polar surface area (TPSA) is 175 Å². The third kappa shape index (κ3) is 9.13. The van der Waals surface area contributed by atoms with Gasteiger partial charge in [0.15, 0.2) is 0 Å². The average Bonchev–Trinajstić information content (AvgIpc) is 2.85. The number of nitrogens with one attached hydrogen (secondary N) is 2. The predicted molar refractivity (Wildman–Crippen MR) is 138 cm³/mol. The van der Waals surface area contributed by atoms with Crippen LogP contribution in [-0.2, 0) is 25.7 Å². The number of nitriles is 1. The fourth-order valence-electron chi connectivity index (χ4n) is 3.62. The predicted octanol–water partition coefficient (Wildman–Crippen LogP) is 2.26. The van der Waals surface area contributed by atoms with E-state index in [9.17, 15) is 29.5 Å². The number of nitrogens with two attached hydrogens (primary N) is 1. The van der Waals surface area contributed by atoms with Crippen molar-refractivity contribution in [2.45, 2.75) is 57.8 Å². The molecule has 2 atom stereocenters. The summed E-state index contributed by atoms with van der Waals surface area (Å²) in [6.45, 7) is 4.49. The van der Waals surface area contributed by atoms with Gasteiger partial charge in [0.05, 0.1) is 6.07 Å². The molecular weight excluding hydrogens is 490 g/mol. The lowest BCUT2D eigenvalue weighted by Gasteiger charge is -2.33. The first-order chi connectivity index (χ1) is 17.9. The van der Waals surface area contributed by atoms with Gasteiger partial charge in [-0.15, -0.1) is 0 Å². The standard InChI is InChI=1S/C27H33N5O6/c1-27(2,3)38-26(37)31-20(13-14-22(29)34)25(36)32(16-15-28)23(19-11-7-8-12-21(19)33)24(35)30-17-18-9-5-4-6-10-18/h4-12,20,23,33H,13-14,16-17H2,1-3H3,(H2,29,34)(H,30,35)(H,31,37). The maximum Gasteiger partial charge on any atom is 0.408 e. The lowest BCUT2D eigenvalue weighted by atomic mass is 10.0. The maximum absolute atomic E-state index is 13.7. The van der Waals surface area contributed by atoms with E-state index in [0.717, 1.165) is 10.5 Å². The minimum Gasteiger partial charge on any atom is -0.508 e. The Hall–Kier alpha value is -4.59. The summed E-state index contributed by atoms with van der Waals surface area (Å²) in [5.41, 5.74) is 5.26. The van der Waals surface area contributed by atoms with E-state index >= 15 is 0 Å². The number of hydrogen-bond donors (Lipinski definition) is 4. The van der Waals surface area contributed by atoms with Crippen LogP contribution < -0.4 is 16.4 Å². The fourth-order valence-corrected chi connectivity index (χ4v) is 3.62. The van der Waals surface area contributed by atoms with Crippen LogP contribution in [0, 0.1) is 11.3 Å². The molecule has 2 rings (SSSR count). The summed E-state index contributed by atoms with van der Waals surface area (Å²) < 4.78 is 5.24. The van der Waals surface area contributed by atoms with Crippen LogP contribution in [0.2, 0.25) is 0 Å². The number of carbonyl (C=O) groups is 4. The second kappa shape index (κ2) is 13.6. The minimum absolute atomic E-state index is 0.0765. The van der Waals surface area contributed by atoms with Crippen molar-refractivity contribution in [3.05, 3.63) is 65.7 Å². The van der Waals surface area contributed by atoms with Crippen molar-refractivity contribution in [3.8, 4) is 11.8 Å². The van der Waals surface area contributed by atoms with Gasteiger partial charge in [0.2, 0.25) is 17.7 Å². The van der Waals surface area contributed by atoms with Crippen molar-refractivity contribution >= 4 is 23.8 Å². The summed E-state index contributed by atoms with van der Waals surface area (Å²) in [6, 6.07) is 14.1. The zero-order chi connectivity index (χ0) is 28.3. The third-order valence-corrected chi connectivity index (χ3v) is 5.29. The number of primary amides is 1. The van der Waals surface area contributed by atoms with Gasteiger partial charge in [0.25, 0.3) is 0 Å². The molecule has 2 aromatic carbocycles. The Morgan fingerprint density at radius 3 is 2.29 bits per heavy atom. The average molecular weight is 524 g/mol. The van der Waals surface area contributed by atoms with Crippen LogP contribution in [0.4, 0.5) is 4.79 Å². The number of phenols is 1. The normalized spacial score (nSPS) is 12.4. The van der Waals surface area contributed by atoms with Gasteiger partial charge in [-0.3, -0.25) is 14.4 Å². The summed E-state index contributed by atoms with van der Waals surface area (Å²) in [5.74, 6) is -2.47. The van der Waals surface area contributed by atoms with Gasteiger partial charge in [-0.2, -0.15) is 5.26 Å². The highest BCUT2D eigenvalue weighted by molar-refractivity contribution is 5.93. The SMILES string of the molecule is CC(C)(C)OC(=O)NC(CCC(N)=O)C(=O)N(CC#N)C(C(=O)NCc1ccccc1)c1ccccc1O. The largest absolute Gasteiger partial charge is 0.508 e. The second-order valence-corrected chi connectivity index (χ2v) is 9.49.